The Morgan fingerprint density at radius 2 is 1.93 bits per heavy atom. The maximum atomic E-state index is 12.8. The molecule has 3 aromatic rings. The second-order valence-corrected chi connectivity index (χ2v) is 6.39. The van der Waals surface area contributed by atoms with Gasteiger partial charge in [0.1, 0.15) is 0 Å². The van der Waals surface area contributed by atoms with Crippen LogP contribution in [0.25, 0.3) is 10.9 Å². The minimum Gasteiger partial charge on any atom is -0.404 e. The summed E-state index contributed by atoms with van der Waals surface area (Å²) >= 11 is 0. The number of aryl methyl sites for hydroxylation is 1. The van der Waals surface area contributed by atoms with Crippen molar-refractivity contribution < 1.29 is 17.9 Å². The van der Waals surface area contributed by atoms with Gasteiger partial charge >= 0.3 is 6.36 Å². The largest absolute Gasteiger partial charge is 0.573 e. The van der Waals surface area contributed by atoms with Gasteiger partial charge in [-0.1, -0.05) is 37.3 Å². The molecule has 140 valence electrons. The number of fused-ring (bicyclic) bond motifs is 3. The molecule has 0 spiro atoms. The monoisotopic (exact) mass is 374 g/mol. The Morgan fingerprint density at radius 1 is 1.15 bits per heavy atom. The van der Waals surface area contributed by atoms with Crippen LogP contribution in [0.4, 0.5) is 24.5 Å². The number of ether oxygens (including phenoxy) is 1. The summed E-state index contributed by atoms with van der Waals surface area (Å²) in [6.45, 7) is 2.64. The molecule has 0 aliphatic carbocycles. The fourth-order valence-corrected chi connectivity index (χ4v) is 3.72. The molecule has 0 radical (unpaired) electrons. The van der Waals surface area contributed by atoms with E-state index in [0.717, 1.165) is 17.7 Å². The summed E-state index contributed by atoms with van der Waals surface area (Å²) in [6, 6.07) is 12.3. The third-order valence-electron chi connectivity index (χ3n) is 4.82. The number of pyridine rings is 1. The molecule has 27 heavy (non-hydrogen) atoms. The Morgan fingerprint density at radius 3 is 2.67 bits per heavy atom. The number of hydrogen-bond acceptors (Lipinski definition) is 3. The van der Waals surface area contributed by atoms with Gasteiger partial charge < -0.3 is 14.6 Å². The first-order valence-corrected chi connectivity index (χ1v) is 8.68. The van der Waals surface area contributed by atoms with Gasteiger partial charge in [0.25, 0.3) is 5.56 Å². The molecule has 0 bridgehead atoms. The molecule has 1 N–H and O–H groups in total. The summed E-state index contributed by atoms with van der Waals surface area (Å²) in [5.74, 6) is -0.407. The van der Waals surface area contributed by atoms with Gasteiger partial charge in [0.2, 0.25) is 0 Å². The summed E-state index contributed by atoms with van der Waals surface area (Å²) in [4.78, 5) is 17.1. The number of benzene rings is 2. The number of hydrogen-bond donors (Lipinski definition) is 1. The van der Waals surface area contributed by atoms with Crippen LogP contribution < -0.4 is 15.2 Å². The van der Waals surface area contributed by atoms with E-state index in [4.69, 9.17) is 0 Å². The minimum absolute atomic E-state index is 0.0551. The molecule has 0 amide bonds. The highest BCUT2D eigenvalue weighted by Crippen LogP contribution is 2.41. The fourth-order valence-electron chi connectivity index (χ4n) is 3.72. The Kier molecular flexibility index (Phi) is 4.09. The lowest BCUT2D eigenvalue weighted by Gasteiger charge is -2.24. The van der Waals surface area contributed by atoms with E-state index in [1.165, 1.54) is 12.1 Å². The Labute approximate surface area is 153 Å². The summed E-state index contributed by atoms with van der Waals surface area (Å²) in [5.41, 5.74) is 2.99. The summed E-state index contributed by atoms with van der Waals surface area (Å²) in [7, 11) is 0. The van der Waals surface area contributed by atoms with E-state index >= 15 is 0 Å². The highest BCUT2D eigenvalue weighted by molar-refractivity contribution is 5.99. The van der Waals surface area contributed by atoms with E-state index in [-0.39, 0.29) is 11.1 Å². The number of halogens is 3. The molecule has 0 saturated carbocycles. The van der Waals surface area contributed by atoms with Crippen molar-refractivity contribution in [2.75, 3.05) is 11.4 Å². The van der Waals surface area contributed by atoms with Crippen LogP contribution in [0.3, 0.4) is 0 Å². The fraction of sp³-hybridized carbons (Fsp3) is 0.250. The number of aromatic amines is 1. The van der Waals surface area contributed by atoms with Gasteiger partial charge in [0, 0.05) is 23.2 Å². The average molecular weight is 374 g/mol. The normalized spacial score (nSPS) is 13.9. The van der Waals surface area contributed by atoms with E-state index in [1.54, 1.807) is 6.07 Å². The zero-order chi connectivity index (χ0) is 19.2. The average Bonchev–Trinajstić information content (AvgIpc) is 3.07. The molecular weight excluding hydrogens is 357 g/mol. The van der Waals surface area contributed by atoms with Crippen LogP contribution in [0.1, 0.15) is 18.1 Å². The van der Waals surface area contributed by atoms with Crippen LogP contribution in [0.15, 0.2) is 47.3 Å². The predicted molar refractivity (Wildman–Crippen MR) is 97.8 cm³/mol. The smallest absolute Gasteiger partial charge is 0.404 e. The topological polar surface area (TPSA) is 45.3 Å². The van der Waals surface area contributed by atoms with Crippen LogP contribution >= 0.6 is 0 Å². The lowest BCUT2D eigenvalue weighted by atomic mass is 10.1. The first-order valence-electron chi connectivity index (χ1n) is 8.68. The Hall–Kier alpha value is -2.96. The van der Waals surface area contributed by atoms with Gasteiger partial charge in [-0.15, -0.1) is 13.2 Å². The molecule has 4 rings (SSSR count). The third kappa shape index (κ3) is 3.03. The summed E-state index contributed by atoms with van der Waals surface area (Å²) < 4.78 is 42.4. The molecule has 4 nitrogen and oxygen atoms in total. The first kappa shape index (κ1) is 17.5. The quantitative estimate of drug-likeness (QED) is 0.724. The predicted octanol–water partition coefficient (Wildman–Crippen LogP) is 4.68. The zero-order valence-electron chi connectivity index (χ0n) is 14.6. The minimum atomic E-state index is -4.83. The standard InChI is InChI=1S/C20H17F3N2O2/c1-2-12-6-3-4-8-15(12)25-11-10-14-18(25)13-7-5-9-16(27-20(21,22)23)17(13)24-19(14)26/h3-9H,2,10-11H2,1H3,(H,24,26). The number of para-hydroxylation sites is 2. The Balaban J connectivity index is 1.96. The van der Waals surface area contributed by atoms with E-state index in [9.17, 15) is 18.0 Å². The van der Waals surface area contributed by atoms with Gasteiger partial charge in [0.15, 0.2) is 5.75 Å². The number of rotatable bonds is 3. The van der Waals surface area contributed by atoms with Gasteiger partial charge in [0.05, 0.1) is 11.2 Å². The number of nitrogens with one attached hydrogen (secondary N) is 1. The second kappa shape index (κ2) is 6.33. The van der Waals surface area contributed by atoms with Crippen molar-refractivity contribution >= 4 is 22.3 Å². The molecule has 7 heteroatoms. The van der Waals surface area contributed by atoms with Crippen LogP contribution in [0, 0.1) is 0 Å². The van der Waals surface area contributed by atoms with E-state index in [2.05, 4.69) is 9.72 Å². The maximum Gasteiger partial charge on any atom is 0.573 e. The number of H-pyrrole nitrogens is 1. The first-order chi connectivity index (χ1) is 12.9. The molecular formula is C20H17F3N2O2. The van der Waals surface area contributed by atoms with Crippen molar-refractivity contribution in [3.63, 3.8) is 0 Å². The molecule has 1 aliphatic rings. The Bertz CT molecular complexity index is 1070. The molecule has 2 aromatic carbocycles. The summed E-state index contributed by atoms with van der Waals surface area (Å²) in [5, 5.41) is 0.537. The van der Waals surface area contributed by atoms with Crippen LogP contribution in [-0.4, -0.2) is 17.9 Å². The van der Waals surface area contributed by atoms with Crippen molar-refractivity contribution in [1.29, 1.82) is 0 Å². The van der Waals surface area contributed by atoms with Crippen molar-refractivity contribution in [2.45, 2.75) is 26.1 Å². The van der Waals surface area contributed by atoms with Crippen molar-refractivity contribution in [1.82, 2.24) is 4.98 Å². The molecule has 2 heterocycles. The number of alkyl halides is 3. The molecule has 0 saturated heterocycles. The third-order valence-corrected chi connectivity index (χ3v) is 4.82. The SMILES string of the molecule is CCc1ccccc1N1CCc2c1c1cccc(OC(F)(F)F)c1[nH]c2=O. The molecule has 1 aliphatic heterocycles. The van der Waals surface area contributed by atoms with Gasteiger partial charge in [-0.05, 0) is 30.5 Å². The maximum absolute atomic E-state index is 12.8. The van der Waals surface area contributed by atoms with E-state index in [1.807, 2.05) is 36.1 Å². The van der Waals surface area contributed by atoms with E-state index < -0.39 is 12.1 Å². The lowest BCUT2D eigenvalue weighted by molar-refractivity contribution is -0.274. The molecule has 0 unspecified atom stereocenters. The highest BCUT2D eigenvalue weighted by Gasteiger charge is 2.33. The van der Waals surface area contributed by atoms with Crippen molar-refractivity contribution in [3.8, 4) is 5.75 Å². The molecule has 0 atom stereocenters. The number of nitrogens with zero attached hydrogens (tertiary/aromatic N) is 1. The van der Waals surface area contributed by atoms with Crippen molar-refractivity contribution in [3.05, 3.63) is 63.9 Å². The van der Waals surface area contributed by atoms with Gasteiger partial charge in [-0.3, -0.25) is 4.79 Å². The molecule has 0 fully saturated rings. The second-order valence-electron chi connectivity index (χ2n) is 6.39. The zero-order valence-corrected chi connectivity index (χ0v) is 14.6. The number of anilines is 2. The van der Waals surface area contributed by atoms with Gasteiger partial charge in [-0.25, -0.2) is 0 Å². The summed E-state index contributed by atoms with van der Waals surface area (Å²) in [6.07, 6.45) is -3.49. The number of aromatic nitrogens is 1. The highest BCUT2D eigenvalue weighted by atomic mass is 19.4. The van der Waals surface area contributed by atoms with Gasteiger partial charge in [-0.2, -0.15) is 0 Å². The van der Waals surface area contributed by atoms with Crippen LogP contribution in [0.2, 0.25) is 0 Å². The lowest BCUT2D eigenvalue weighted by Crippen LogP contribution is -2.19. The van der Waals surface area contributed by atoms with Crippen LogP contribution in [-0.2, 0) is 12.8 Å². The van der Waals surface area contributed by atoms with E-state index in [0.29, 0.717) is 29.6 Å². The van der Waals surface area contributed by atoms with Crippen LogP contribution in [0.5, 0.6) is 5.75 Å². The molecule has 1 aromatic heterocycles. The van der Waals surface area contributed by atoms with Crippen molar-refractivity contribution in [2.24, 2.45) is 0 Å².